The highest BCUT2D eigenvalue weighted by molar-refractivity contribution is 14.1. The average molecular weight is 649 g/mol. The first-order valence-electron chi connectivity index (χ1n) is 13.0. The molecule has 0 amide bonds. The van der Waals surface area contributed by atoms with Crippen LogP contribution in [0.3, 0.4) is 0 Å². The van der Waals surface area contributed by atoms with E-state index >= 15 is 0 Å². The molecule has 0 saturated heterocycles. The molecule has 0 radical (unpaired) electrons. The number of fused-ring (bicyclic) bond motifs is 1. The monoisotopic (exact) mass is 648 g/mol. The van der Waals surface area contributed by atoms with Crippen molar-refractivity contribution in [2.45, 2.75) is 25.8 Å². The Hall–Kier alpha value is -3.14. The van der Waals surface area contributed by atoms with E-state index in [0.717, 1.165) is 32.0 Å². The molecule has 0 unspecified atom stereocenters. The van der Waals surface area contributed by atoms with E-state index in [1.165, 1.54) is 10.4 Å². The molecule has 0 N–H and O–H groups in total. The first-order valence-corrected chi connectivity index (χ1v) is 16.0. The number of imidazole rings is 1. The number of hydrogen-bond donors (Lipinski definition) is 0. The SMILES string of the molecule is COc1cc(OCCO[Si](c2ccccc2)(c2ccccc2)C(C)(C)C)ccc1-c1cn2cc(I)ccc2n1. The average Bonchev–Trinajstić information content (AvgIpc) is 3.36. The summed E-state index contributed by atoms with van der Waals surface area (Å²) in [6, 6.07) is 31.3. The summed E-state index contributed by atoms with van der Waals surface area (Å²) in [5.74, 6) is 1.46. The Morgan fingerprint density at radius 3 is 2.10 bits per heavy atom. The normalized spacial score (nSPS) is 12.0. The molecule has 0 bridgehead atoms. The smallest absolute Gasteiger partial charge is 0.261 e. The third-order valence-corrected chi connectivity index (χ3v) is 12.6. The zero-order valence-electron chi connectivity index (χ0n) is 22.7. The molecule has 5 nitrogen and oxygen atoms in total. The minimum Gasteiger partial charge on any atom is -0.496 e. The molecule has 0 spiro atoms. The van der Waals surface area contributed by atoms with Crippen molar-refractivity contribution in [3.63, 3.8) is 0 Å². The lowest BCUT2D eigenvalue weighted by Crippen LogP contribution is -2.66. The van der Waals surface area contributed by atoms with E-state index in [4.69, 9.17) is 18.9 Å². The van der Waals surface area contributed by atoms with Crippen LogP contribution in [0.25, 0.3) is 16.9 Å². The summed E-state index contributed by atoms with van der Waals surface area (Å²) in [5, 5.41) is 2.45. The van der Waals surface area contributed by atoms with Crippen molar-refractivity contribution in [2.24, 2.45) is 0 Å². The molecular weight excluding hydrogens is 615 g/mol. The summed E-state index contributed by atoms with van der Waals surface area (Å²) in [7, 11) is -0.921. The fourth-order valence-electron chi connectivity index (χ4n) is 5.18. The second kappa shape index (κ2) is 11.5. The summed E-state index contributed by atoms with van der Waals surface area (Å²) in [4.78, 5) is 4.77. The van der Waals surface area contributed by atoms with Crippen LogP contribution in [0.15, 0.2) is 103 Å². The van der Waals surface area contributed by atoms with Crippen molar-refractivity contribution in [3.05, 3.63) is 107 Å². The molecule has 5 aromatic rings. The Labute approximate surface area is 245 Å². The molecule has 2 heterocycles. The van der Waals surface area contributed by atoms with Crippen molar-refractivity contribution in [3.8, 4) is 22.8 Å². The van der Waals surface area contributed by atoms with Crippen molar-refractivity contribution in [1.82, 2.24) is 9.38 Å². The lowest BCUT2D eigenvalue weighted by Gasteiger charge is -2.43. The summed E-state index contributed by atoms with van der Waals surface area (Å²) in [6.07, 6.45) is 4.08. The van der Waals surface area contributed by atoms with E-state index in [1.807, 2.05) is 34.9 Å². The van der Waals surface area contributed by atoms with E-state index in [1.54, 1.807) is 7.11 Å². The number of ether oxygens (including phenoxy) is 2. The molecule has 3 aromatic carbocycles. The highest BCUT2D eigenvalue weighted by Crippen LogP contribution is 2.37. The van der Waals surface area contributed by atoms with Gasteiger partial charge >= 0.3 is 0 Å². The second-order valence-electron chi connectivity index (χ2n) is 10.5. The van der Waals surface area contributed by atoms with Gasteiger partial charge in [-0.3, -0.25) is 0 Å². The molecule has 0 fully saturated rings. The Morgan fingerprint density at radius 1 is 0.821 bits per heavy atom. The number of halogens is 1. The van der Waals surface area contributed by atoms with Gasteiger partial charge in [-0.2, -0.15) is 0 Å². The quantitative estimate of drug-likeness (QED) is 0.103. The largest absolute Gasteiger partial charge is 0.496 e. The van der Waals surface area contributed by atoms with E-state index in [-0.39, 0.29) is 5.04 Å². The third kappa shape index (κ3) is 5.62. The molecular formula is C32H33IN2O3Si. The molecule has 39 heavy (non-hydrogen) atoms. The summed E-state index contributed by atoms with van der Waals surface area (Å²) in [5.41, 5.74) is 2.68. The molecule has 0 aliphatic carbocycles. The van der Waals surface area contributed by atoms with Gasteiger partial charge in [-0.15, -0.1) is 0 Å². The van der Waals surface area contributed by atoms with Crippen LogP contribution < -0.4 is 19.8 Å². The van der Waals surface area contributed by atoms with E-state index in [9.17, 15) is 0 Å². The first kappa shape index (κ1) is 27.4. The number of pyridine rings is 1. The fraction of sp³-hybridized carbons (Fsp3) is 0.219. The molecule has 7 heteroatoms. The third-order valence-electron chi connectivity index (χ3n) is 6.95. The summed E-state index contributed by atoms with van der Waals surface area (Å²) >= 11 is 2.30. The number of aromatic nitrogens is 2. The van der Waals surface area contributed by atoms with Gasteiger partial charge in [0.25, 0.3) is 8.32 Å². The molecule has 0 atom stereocenters. The molecule has 200 valence electrons. The van der Waals surface area contributed by atoms with Gasteiger partial charge in [0.1, 0.15) is 23.8 Å². The van der Waals surface area contributed by atoms with Gasteiger partial charge in [0.2, 0.25) is 0 Å². The van der Waals surface area contributed by atoms with Crippen LogP contribution in [0.2, 0.25) is 5.04 Å². The maximum absolute atomic E-state index is 6.95. The van der Waals surface area contributed by atoms with Crippen LogP contribution in [0.4, 0.5) is 0 Å². The summed E-state index contributed by atoms with van der Waals surface area (Å²) < 4.78 is 22.0. The maximum atomic E-state index is 6.95. The second-order valence-corrected chi connectivity index (χ2v) is 16.0. The zero-order valence-corrected chi connectivity index (χ0v) is 25.9. The topological polar surface area (TPSA) is 45.0 Å². The zero-order chi connectivity index (χ0) is 27.5. The number of rotatable bonds is 9. The lowest BCUT2D eigenvalue weighted by molar-refractivity contribution is 0.207. The van der Waals surface area contributed by atoms with Crippen LogP contribution >= 0.6 is 22.6 Å². The lowest BCUT2D eigenvalue weighted by atomic mass is 10.1. The van der Waals surface area contributed by atoms with Gasteiger partial charge < -0.3 is 18.3 Å². The predicted molar refractivity (Wildman–Crippen MR) is 169 cm³/mol. The van der Waals surface area contributed by atoms with E-state index in [2.05, 4.69) is 116 Å². The number of nitrogens with zero attached hydrogens (tertiary/aromatic N) is 2. The van der Waals surface area contributed by atoms with Crippen molar-refractivity contribution >= 4 is 46.9 Å². The van der Waals surface area contributed by atoms with Crippen molar-refractivity contribution in [1.29, 1.82) is 0 Å². The van der Waals surface area contributed by atoms with Crippen LogP contribution in [0.5, 0.6) is 11.5 Å². The Kier molecular flexibility index (Phi) is 8.11. The fourth-order valence-corrected chi connectivity index (χ4v) is 10.2. The Bertz CT molecular complexity index is 1510. The van der Waals surface area contributed by atoms with Gasteiger partial charge in [-0.25, -0.2) is 4.98 Å². The van der Waals surface area contributed by atoms with Gasteiger partial charge in [0.05, 0.1) is 19.4 Å². The predicted octanol–water partition coefficient (Wildman–Crippen LogP) is 6.57. The van der Waals surface area contributed by atoms with Gasteiger partial charge in [-0.1, -0.05) is 81.4 Å². The number of methoxy groups -OCH3 is 1. The van der Waals surface area contributed by atoms with Crippen molar-refractivity contribution in [2.75, 3.05) is 20.3 Å². The maximum Gasteiger partial charge on any atom is 0.261 e. The van der Waals surface area contributed by atoms with Gasteiger partial charge in [0, 0.05) is 27.6 Å². The molecule has 0 aliphatic heterocycles. The highest BCUT2D eigenvalue weighted by Gasteiger charge is 2.50. The Balaban J connectivity index is 1.35. The highest BCUT2D eigenvalue weighted by atomic mass is 127. The minimum absolute atomic E-state index is 0.0766. The summed E-state index contributed by atoms with van der Waals surface area (Å²) in [6.45, 7) is 7.75. The molecule has 0 saturated carbocycles. The van der Waals surface area contributed by atoms with Gasteiger partial charge in [0.15, 0.2) is 0 Å². The molecule has 2 aromatic heterocycles. The van der Waals surface area contributed by atoms with E-state index in [0.29, 0.717) is 13.2 Å². The van der Waals surface area contributed by atoms with Crippen LogP contribution in [0.1, 0.15) is 20.8 Å². The number of hydrogen-bond acceptors (Lipinski definition) is 4. The minimum atomic E-state index is -2.59. The van der Waals surface area contributed by atoms with Crippen LogP contribution in [-0.4, -0.2) is 38.0 Å². The first-order chi connectivity index (χ1) is 18.8. The van der Waals surface area contributed by atoms with Crippen LogP contribution in [-0.2, 0) is 4.43 Å². The molecule has 5 rings (SSSR count). The van der Waals surface area contributed by atoms with Crippen molar-refractivity contribution < 1.29 is 13.9 Å². The number of benzene rings is 3. The standard InChI is InChI=1S/C32H33IN2O3Si/c1-32(2,3)39(26-11-7-5-8-12-26,27-13-9-6-10-14-27)38-20-19-37-25-16-17-28(30(21-25)36-4)29-23-35-22-24(33)15-18-31(35)34-29/h5-18,21-23H,19-20H2,1-4H3. The Morgan fingerprint density at radius 2 is 1.49 bits per heavy atom. The van der Waals surface area contributed by atoms with Crippen LogP contribution in [0, 0.1) is 3.57 Å². The molecule has 0 aliphatic rings. The van der Waals surface area contributed by atoms with E-state index < -0.39 is 8.32 Å². The van der Waals surface area contributed by atoms with Gasteiger partial charge in [-0.05, 0) is 62.3 Å².